The Bertz CT molecular complexity index is 4550. The highest BCUT2D eigenvalue weighted by Crippen LogP contribution is 2.47. The van der Waals surface area contributed by atoms with E-state index in [0.29, 0.717) is 17.6 Å². The Morgan fingerprint density at radius 1 is 0.270 bits per heavy atom. The highest BCUT2D eigenvalue weighted by atomic mass is 15.2. The summed E-state index contributed by atoms with van der Waals surface area (Å²) in [5.74, 6) is 1.76. The van der Waals surface area contributed by atoms with E-state index in [1.807, 2.05) is 36.4 Å². The lowest BCUT2D eigenvalue weighted by Gasteiger charge is -2.12. The zero-order valence-electron chi connectivity index (χ0n) is 40.0. The van der Waals surface area contributed by atoms with Crippen LogP contribution in [-0.2, 0) is 0 Å². The van der Waals surface area contributed by atoms with Crippen LogP contribution in [0, 0.1) is 0 Å². The molecule has 0 aliphatic heterocycles. The summed E-state index contributed by atoms with van der Waals surface area (Å²) in [6.07, 6.45) is 4.36. The van der Waals surface area contributed by atoms with Gasteiger partial charge in [-0.1, -0.05) is 188 Å². The van der Waals surface area contributed by atoms with Crippen LogP contribution in [0.1, 0.15) is 0 Å². The molecule has 0 radical (unpaired) electrons. The lowest BCUT2D eigenvalue weighted by atomic mass is 9.97. The first-order valence-corrected chi connectivity index (χ1v) is 25.0. The van der Waals surface area contributed by atoms with Gasteiger partial charge in [0.25, 0.3) is 0 Å². The summed E-state index contributed by atoms with van der Waals surface area (Å²) in [5, 5.41) is 4.62. The Labute approximate surface area is 425 Å². The van der Waals surface area contributed by atoms with E-state index in [4.69, 9.17) is 15.0 Å². The number of nitrogens with zero attached hydrogens (tertiary/aromatic N) is 7. The van der Waals surface area contributed by atoms with Crippen molar-refractivity contribution in [1.29, 1.82) is 0 Å². The van der Waals surface area contributed by atoms with Crippen molar-refractivity contribution >= 4 is 54.9 Å². The van der Waals surface area contributed by atoms with Crippen LogP contribution in [0.4, 0.5) is 0 Å². The average Bonchev–Trinajstić information content (AvgIpc) is 4.21. The van der Waals surface area contributed by atoms with Gasteiger partial charge in [-0.25, -0.2) is 4.98 Å². The van der Waals surface area contributed by atoms with Crippen molar-refractivity contribution in [2.24, 2.45) is 0 Å². The minimum absolute atomic E-state index is 0.546. The van der Waals surface area contributed by atoms with Crippen LogP contribution in [0.25, 0.3) is 134 Å². The average molecular weight is 946 g/mol. The molecular formula is C67H43N7. The van der Waals surface area contributed by atoms with Crippen LogP contribution in [0.3, 0.4) is 0 Å². The molecule has 0 aliphatic carbocycles. The van der Waals surface area contributed by atoms with Crippen molar-refractivity contribution in [3.63, 3.8) is 0 Å². The molecule has 0 unspecified atom stereocenters. The Balaban J connectivity index is 1.01. The van der Waals surface area contributed by atoms with E-state index in [2.05, 4.69) is 243 Å². The lowest BCUT2D eigenvalue weighted by Crippen LogP contribution is -2.07. The van der Waals surface area contributed by atoms with Crippen LogP contribution in [0.15, 0.2) is 261 Å². The first-order valence-electron chi connectivity index (χ1n) is 25.0. The second-order valence-corrected chi connectivity index (χ2v) is 18.9. The quantitative estimate of drug-likeness (QED) is 0.152. The van der Waals surface area contributed by atoms with Gasteiger partial charge in [0.05, 0.1) is 22.1 Å². The van der Waals surface area contributed by atoms with E-state index in [-0.39, 0.29) is 0 Å². The number of pyridine rings is 2. The third-order valence-corrected chi connectivity index (χ3v) is 14.7. The van der Waals surface area contributed by atoms with Gasteiger partial charge in [0, 0.05) is 61.9 Å². The Hall–Kier alpha value is -10.1. The summed E-state index contributed by atoms with van der Waals surface area (Å²) in [7, 11) is 0. The molecule has 7 heterocycles. The molecule has 0 aliphatic rings. The molecule has 0 N–H and O–H groups in total. The topological polar surface area (TPSA) is 57.3 Å². The maximum Gasteiger partial charge on any atom is 0.239 e. The van der Waals surface area contributed by atoms with E-state index in [1.54, 1.807) is 0 Å². The number of hydrogen-bond acceptors (Lipinski definition) is 3. The summed E-state index contributed by atoms with van der Waals surface area (Å²) in [4.78, 5) is 15.7. The minimum atomic E-state index is 0.546. The van der Waals surface area contributed by atoms with Gasteiger partial charge in [-0.05, 0) is 94.0 Å². The minimum Gasteiger partial charge on any atom is -0.302 e. The molecule has 0 fully saturated rings. The zero-order valence-corrected chi connectivity index (χ0v) is 40.0. The molecule has 0 saturated carbocycles. The molecule has 0 spiro atoms. The molecule has 15 rings (SSSR count). The first kappa shape index (κ1) is 41.7. The molecule has 7 aromatic heterocycles. The maximum absolute atomic E-state index is 5.33. The molecule has 7 heteroatoms. The van der Waals surface area contributed by atoms with Crippen LogP contribution in [0.2, 0.25) is 0 Å². The van der Waals surface area contributed by atoms with Crippen molar-refractivity contribution in [1.82, 2.24) is 32.9 Å². The van der Waals surface area contributed by atoms with Gasteiger partial charge in [0.2, 0.25) is 5.95 Å². The lowest BCUT2D eigenvalue weighted by molar-refractivity contribution is 0.938. The number of aromatic nitrogens is 7. The van der Waals surface area contributed by atoms with Gasteiger partial charge in [-0.2, -0.15) is 9.97 Å². The first-order chi connectivity index (χ1) is 36.7. The van der Waals surface area contributed by atoms with E-state index in [1.165, 1.54) is 33.0 Å². The SMILES string of the molecule is c1ccc(-c2ccc(-n3c4ccc(-c5ccc6c(c5)c5c(-c7ccccc7)c7ccccn7c5n6-c5nc(-c6ccccc6)nc(-c6ccccc6)n5)cc4c4c(-c5ccccc5)c5ccccn5c43)cc2)cc1. The number of hydrogen-bond donors (Lipinski definition) is 0. The standard InChI is InChI=1S/C67H43N7/c1-6-20-44(21-7-1)45-32-36-52(37-33-45)73-55-38-34-50(42-53(55)61-59(46-22-8-2-9-23-46)57-30-16-18-40-71(57)65(61)73)51-35-39-56-54(43-51)62-60(47-24-10-3-11-25-47)58-31-17-19-41-72(58)66(62)74(56)67-69-63(48-26-12-4-13-27-48)68-64(70-67)49-28-14-5-15-29-49/h1-43H. The van der Waals surface area contributed by atoms with Gasteiger partial charge in [-0.3, -0.25) is 9.13 Å². The monoisotopic (exact) mass is 945 g/mol. The molecule has 7 nitrogen and oxygen atoms in total. The Kier molecular flexibility index (Phi) is 9.43. The third kappa shape index (κ3) is 6.50. The molecule has 0 atom stereocenters. The molecule has 74 heavy (non-hydrogen) atoms. The fourth-order valence-electron chi connectivity index (χ4n) is 11.4. The van der Waals surface area contributed by atoms with Gasteiger partial charge >= 0.3 is 0 Å². The second-order valence-electron chi connectivity index (χ2n) is 18.9. The Morgan fingerprint density at radius 2 is 0.649 bits per heavy atom. The normalized spacial score (nSPS) is 11.8. The zero-order chi connectivity index (χ0) is 48.7. The van der Waals surface area contributed by atoms with Gasteiger partial charge in [0.1, 0.15) is 11.3 Å². The van der Waals surface area contributed by atoms with Gasteiger partial charge < -0.3 is 8.80 Å². The van der Waals surface area contributed by atoms with Crippen molar-refractivity contribution in [2.75, 3.05) is 0 Å². The number of rotatable bonds is 8. The van der Waals surface area contributed by atoms with E-state index >= 15 is 0 Å². The van der Waals surface area contributed by atoms with E-state index < -0.39 is 0 Å². The molecule has 346 valence electrons. The fourth-order valence-corrected chi connectivity index (χ4v) is 11.4. The Morgan fingerprint density at radius 3 is 1.12 bits per heavy atom. The highest BCUT2D eigenvalue weighted by molar-refractivity contribution is 6.22. The van der Waals surface area contributed by atoms with Crippen molar-refractivity contribution in [3.8, 4) is 78.9 Å². The smallest absolute Gasteiger partial charge is 0.239 e. The molecule has 0 bridgehead atoms. The third-order valence-electron chi connectivity index (χ3n) is 14.7. The maximum atomic E-state index is 5.33. The highest BCUT2D eigenvalue weighted by Gasteiger charge is 2.27. The van der Waals surface area contributed by atoms with Crippen molar-refractivity contribution in [2.45, 2.75) is 0 Å². The van der Waals surface area contributed by atoms with E-state index in [9.17, 15) is 0 Å². The van der Waals surface area contributed by atoms with Crippen molar-refractivity contribution in [3.05, 3.63) is 261 Å². The summed E-state index contributed by atoms with van der Waals surface area (Å²) in [5.41, 5.74) is 18.7. The summed E-state index contributed by atoms with van der Waals surface area (Å²) in [6, 6.07) is 88.4. The predicted octanol–water partition coefficient (Wildman–Crippen LogP) is 16.6. The molecule has 0 amide bonds. The van der Waals surface area contributed by atoms with Crippen LogP contribution in [0.5, 0.6) is 0 Å². The molecule has 8 aromatic carbocycles. The van der Waals surface area contributed by atoms with Gasteiger partial charge in [-0.15, -0.1) is 0 Å². The summed E-state index contributed by atoms with van der Waals surface area (Å²) in [6.45, 7) is 0. The van der Waals surface area contributed by atoms with Crippen LogP contribution in [-0.4, -0.2) is 32.9 Å². The molecule has 0 saturated heterocycles. The second kappa shape index (κ2) is 16.8. The fraction of sp³-hybridized carbons (Fsp3) is 0. The molecule has 15 aromatic rings. The predicted molar refractivity (Wildman–Crippen MR) is 303 cm³/mol. The summed E-state index contributed by atoms with van der Waals surface area (Å²) < 4.78 is 9.34. The molecular weight excluding hydrogens is 903 g/mol. The number of fused-ring (bicyclic) bond motifs is 10. The summed E-state index contributed by atoms with van der Waals surface area (Å²) >= 11 is 0. The largest absolute Gasteiger partial charge is 0.302 e. The number of benzene rings is 8. The van der Waals surface area contributed by atoms with Crippen LogP contribution < -0.4 is 0 Å². The van der Waals surface area contributed by atoms with E-state index in [0.717, 1.165) is 83.2 Å². The van der Waals surface area contributed by atoms with Crippen LogP contribution >= 0.6 is 0 Å². The van der Waals surface area contributed by atoms with Gasteiger partial charge in [0.15, 0.2) is 11.6 Å². The van der Waals surface area contributed by atoms with Crippen molar-refractivity contribution < 1.29 is 0 Å².